The lowest BCUT2D eigenvalue weighted by atomic mass is 10.2. The van der Waals surface area contributed by atoms with Crippen LogP contribution in [-0.4, -0.2) is 15.9 Å². The number of oxazole rings is 1. The molecule has 0 bridgehead atoms. The Labute approximate surface area is 128 Å². The molecular weight excluding hydrogens is 278 g/mol. The molecule has 2 aromatic heterocycles. The van der Waals surface area contributed by atoms with Crippen LogP contribution in [0.2, 0.25) is 0 Å². The van der Waals surface area contributed by atoms with E-state index >= 15 is 0 Å². The molecule has 0 saturated heterocycles. The number of hydrogen-bond donors (Lipinski definition) is 1. The molecule has 0 spiro atoms. The van der Waals surface area contributed by atoms with Gasteiger partial charge in [0.1, 0.15) is 0 Å². The lowest BCUT2D eigenvalue weighted by molar-refractivity contribution is -0.116. The maximum absolute atomic E-state index is 11.9. The lowest BCUT2D eigenvalue weighted by Crippen LogP contribution is -2.12. The number of anilines is 1. The normalized spacial score (nSPS) is 10.4. The Kier molecular flexibility index (Phi) is 4.25. The van der Waals surface area contributed by atoms with Crippen LogP contribution in [0.4, 0.5) is 5.69 Å². The summed E-state index contributed by atoms with van der Waals surface area (Å²) in [6.07, 6.45) is 5.73. The fraction of sp³-hybridized carbons (Fsp3) is 0.118. The SMILES string of the molecule is O=C(CCc1ncc(-c2ccccc2)o1)Nc1ccncc1. The number of nitrogens with one attached hydrogen (secondary N) is 1. The molecule has 5 nitrogen and oxygen atoms in total. The number of amides is 1. The predicted octanol–water partition coefficient (Wildman–Crippen LogP) is 3.31. The molecule has 1 N–H and O–H groups in total. The number of rotatable bonds is 5. The number of pyridine rings is 1. The number of carbonyl (C=O) groups excluding carboxylic acids is 1. The highest BCUT2D eigenvalue weighted by atomic mass is 16.4. The second-order valence-electron chi connectivity index (χ2n) is 4.77. The minimum absolute atomic E-state index is 0.0781. The first-order valence-corrected chi connectivity index (χ1v) is 7.01. The predicted molar refractivity (Wildman–Crippen MR) is 83.1 cm³/mol. The van der Waals surface area contributed by atoms with Crippen molar-refractivity contribution in [2.24, 2.45) is 0 Å². The van der Waals surface area contributed by atoms with E-state index in [0.29, 0.717) is 24.5 Å². The summed E-state index contributed by atoms with van der Waals surface area (Å²) in [4.78, 5) is 20.0. The first-order chi connectivity index (χ1) is 10.8. The van der Waals surface area contributed by atoms with Crippen LogP contribution in [0.25, 0.3) is 11.3 Å². The molecule has 2 heterocycles. The van der Waals surface area contributed by atoms with Crippen molar-refractivity contribution in [1.29, 1.82) is 0 Å². The van der Waals surface area contributed by atoms with Gasteiger partial charge in [-0.1, -0.05) is 30.3 Å². The lowest BCUT2D eigenvalue weighted by Gasteiger charge is -2.03. The van der Waals surface area contributed by atoms with Crippen LogP contribution < -0.4 is 5.32 Å². The van der Waals surface area contributed by atoms with Crippen molar-refractivity contribution in [3.8, 4) is 11.3 Å². The van der Waals surface area contributed by atoms with E-state index in [1.165, 1.54) is 0 Å². The molecule has 3 aromatic rings. The van der Waals surface area contributed by atoms with Gasteiger partial charge in [0.15, 0.2) is 11.7 Å². The zero-order valence-corrected chi connectivity index (χ0v) is 11.9. The molecule has 5 heteroatoms. The van der Waals surface area contributed by atoms with E-state index in [9.17, 15) is 4.79 Å². The molecule has 1 aromatic carbocycles. The largest absolute Gasteiger partial charge is 0.441 e. The number of hydrogen-bond acceptors (Lipinski definition) is 4. The van der Waals surface area contributed by atoms with E-state index in [0.717, 1.165) is 11.3 Å². The van der Waals surface area contributed by atoms with E-state index in [4.69, 9.17) is 4.42 Å². The highest BCUT2D eigenvalue weighted by Gasteiger charge is 2.09. The van der Waals surface area contributed by atoms with E-state index < -0.39 is 0 Å². The summed E-state index contributed by atoms with van der Waals surface area (Å²) in [5.74, 6) is 1.19. The molecule has 0 aliphatic rings. The van der Waals surface area contributed by atoms with Crippen molar-refractivity contribution in [1.82, 2.24) is 9.97 Å². The van der Waals surface area contributed by atoms with E-state index in [-0.39, 0.29) is 5.91 Å². The fourth-order valence-electron chi connectivity index (χ4n) is 2.04. The quantitative estimate of drug-likeness (QED) is 0.783. The zero-order chi connectivity index (χ0) is 15.2. The molecule has 0 radical (unpaired) electrons. The van der Waals surface area contributed by atoms with Gasteiger partial charge in [0, 0.05) is 36.5 Å². The number of nitrogens with zero attached hydrogens (tertiary/aromatic N) is 2. The van der Waals surface area contributed by atoms with Crippen molar-refractivity contribution >= 4 is 11.6 Å². The minimum Gasteiger partial charge on any atom is -0.441 e. The van der Waals surface area contributed by atoms with Gasteiger partial charge < -0.3 is 9.73 Å². The van der Waals surface area contributed by atoms with Crippen LogP contribution in [0.15, 0.2) is 65.5 Å². The average molecular weight is 293 g/mol. The van der Waals surface area contributed by atoms with Crippen molar-refractivity contribution < 1.29 is 9.21 Å². The molecular formula is C17H15N3O2. The third kappa shape index (κ3) is 3.58. The van der Waals surface area contributed by atoms with Gasteiger partial charge in [-0.05, 0) is 12.1 Å². The van der Waals surface area contributed by atoms with Crippen LogP contribution in [0.3, 0.4) is 0 Å². The molecule has 0 aliphatic heterocycles. The van der Waals surface area contributed by atoms with Gasteiger partial charge in [0.2, 0.25) is 5.91 Å². The molecule has 1 amide bonds. The first-order valence-electron chi connectivity index (χ1n) is 7.01. The van der Waals surface area contributed by atoms with Crippen LogP contribution >= 0.6 is 0 Å². The van der Waals surface area contributed by atoms with E-state index in [2.05, 4.69) is 15.3 Å². The standard InChI is InChI=1S/C17H15N3O2/c21-16(20-14-8-10-18-11-9-14)6-7-17-19-12-15(22-17)13-4-2-1-3-5-13/h1-5,8-12H,6-7H2,(H,18,20,21). The summed E-state index contributed by atoms with van der Waals surface area (Å²) in [5.41, 5.74) is 1.71. The van der Waals surface area contributed by atoms with Gasteiger partial charge in [-0.25, -0.2) is 4.98 Å². The van der Waals surface area contributed by atoms with Gasteiger partial charge in [0.05, 0.1) is 6.20 Å². The Morgan fingerprint density at radius 2 is 1.86 bits per heavy atom. The summed E-state index contributed by atoms with van der Waals surface area (Å²) in [5, 5.41) is 2.80. The van der Waals surface area contributed by atoms with Crippen molar-refractivity contribution in [2.75, 3.05) is 5.32 Å². The molecule has 0 fully saturated rings. The second-order valence-corrected chi connectivity index (χ2v) is 4.77. The summed E-state index contributed by atoms with van der Waals surface area (Å²) in [6, 6.07) is 13.2. The van der Waals surface area contributed by atoms with Crippen LogP contribution in [0.5, 0.6) is 0 Å². The molecule has 22 heavy (non-hydrogen) atoms. The van der Waals surface area contributed by atoms with Gasteiger partial charge in [-0.2, -0.15) is 0 Å². The number of benzene rings is 1. The number of aromatic nitrogens is 2. The van der Waals surface area contributed by atoms with Gasteiger partial charge in [-0.15, -0.1) is 0 Å². The summed E-state index contributed by atoms with van der Waals surface area (Å²) < 4.78 is 5.67. The van der Waals surface area contributed by atoms with Gasteiger partial charge in [-0.3, -0.25) is 9.78 Å². The topological polar surface area (TPSA) is 68.0 Å². The van der Waals surface area contributed by atoms with Gasteiger partial charge >= 0.3 is 0 Å². The second kappa shape index (κ2) is 6.67. The monoisotopic (exact) mass is 293 g/mol. The summed E-state index contributed by atoms with van der Waals surface area (Å²) in [7, 11) is 0. The van der Waals surface area contributed by atoms with Crippen molar-refractivity contribution in [3.63, 3.8) is 0 Å². The van der Waals surface area contributed by atoms with E-state index in [1.807, 2.05) is 30.3 Å². The molecule has 0 aliphatic carbocycles. The third-order valence-electron chi connectivity index (χ3n) is 3.14. The van der Waals surface area contributed by atoms with Crippen molar-refractivity contribution in [3.05, 3.63) is 66.9 Å². The maximum Gasteiger partial charge on any atom is 0.224 e. The first kappa shape index (κ1) is 14.0. The smallest absolute Gasteiger partial charge is 0.224 e. The van der Waals surface area contributed by atoms with Crippen LogP contribution in [0, 0.1) is 0 Å². The fourth-order valence-corrected chi connectivity index (χ4v) is 2.04. The Hall–Kier alpha value is -2.95. The number of aryl methyl sites for hydroxylation is 1. The highest BCUT2D eigenvalue weighted by molar-refractivity contribution is 5.90. The average Bonchev–Trinajstić information content (AvgIpc) is 3.04. The van der Waals surface area contributed by atoms with E-state index in [1.54, 1.807) is 30.7 Å². The molecule has 0 atom stereocenters. The minimum atomic E-state index is -0.0781. The van der Waals surface area contributed by atoms with Gasteiger partial charge in [0.25, 0.3) is 0 Å². The van der Waals surface area contributed by atoms with Crippen LogP contribution in [0.1, 0.15) is 12.3 Å². The molecule has 3 rings (SSSR count). The molecule has 0 saturated carbocycles. The summed E-state index contributed by atoms with van der Waals surface area (Å²) in [6.45, 7) is 0. The Morgan fingerprint density at radius 1 is 1.09 bits per heavy atom. The Balaban J connectivity index is 1.56. The third-order valence-corrected chi connectivity index (χ3v) is 3.14. The maximum atomic E-state index is 11.9. The highest BCUT2D eigenvalue weighted by Crippen LogP contribution is 2.20. The zero-order valence-electron chi connectivity index (χ0n) is 11.9. The summed E-state index contributed by atoms with van der Waals surface area (Å²) >= 11 is 0. The Bertz CT molecular complexity index is 739. The van der Waals surface area contributed by atoms with Crippen LogP contribution in [-0.2, 0) is 11.2 Å². The number of carbonyl (C=O) groups is 1. The molecule has 110 valence electrons. The van der Waals surface area contributed by atoms with Crippen molar-refractivity contribution in [2.45, 2.75) is 12.8 Å². The molecule has 0 unspecified atom stereocenters. The Morgan fingerprint density at radius 3 is 2.64 bits per heavy atom.